The Morgan fingerprint density at radius 1 is 1.58 bits per heavy atom. The number of hydrogen-bond donors (Lipinski definition) is 0. The first-order valence-corrected chi connectivity index (χ1v) is 3.58. The topological polar surface area (TPSA) is 17.1 Å². The van der Waals surface area contributed by atoms with Gasteiger partial charge in [0.1, 0.15) is 5.82 Å². The summed E-state index contributed by atoms with van der Waals surface area (Å²) in [5, 5.41) is 0. The minimum atomic E-state index is -0.486. The van der Waals surface area contributed by atoms with Gasteiger partial charge in [-0.15, -0.1) is 0 Å². The number of hydrogen-bond acceptors (Lipinski definition) is 1. The summed E-state index contributed by atoms with van der Waals surface area (Å²) in [6.07, 6.45) is 1.10. The minimum Gasteiger partial charge on any atom is -0.289 e. The number of carbonyl (C=O) groups is 1. The predicted molar refractivity (Wildman–Crippen MR) is 45.7 cm³/mol. The van der Waals surface area contributed by atoms with E-state index in [-0.39, 0.29) is 11.3 Å². The Labute approximate surface area is 70.5 Å². The fraction of sp³-hybridized carbons (Fsp3) is 0.100. The average Bonchev–Trinajstić information content (AvgIpc) is 2.03. The Morgan fingerprint density at radius 2 is 2.25 bits per heavy atom. The molecule has 0 heterocycles. The second-order valence-electron chi connectivity index (χ2n) is 2.55. The molecule has 1 nitrogen and oxygen atoms in total. The quantitative estimate of drug-likeness (QED) is 0.484. The number of allylic oxidation sites excluding steroid dienone is 1. The third kappa shape index (κ3) is 1.59. The van der Waals surface area contributed by atoms with Crippen LogP contribution in [0, 0.1) is 12.7 Å². The molecule has 0 aliphatic heterocycles. The van der Waals surface area contributed by atoms with E-state index in [9.17, 15) is 9.18 Å². The molecule has 0 saturated carbocycles. The first kappa shape index (κ1) is 8.65. The van der Waals surface area contributed by atoms with E-state index in [1.807, 2.05) is 0 Å². The highest BCUT2D eigenvalue weighted by Crippen LogP contribution is 2.10. The highest BCUT2D eigenvalue weighted by molar-refractivity contribution is 6.04. The van der Waals surface area contributed by atoms with Crippen LogP contribution < -0.4 is 0 Å². The molecule has 0 spiro atoms. The average molecular weight is 164 g/mol. The Bertz CT molecular complexity index is 329. The van der Waals surface area contributed by atoms with Gasteiger partial charge in [0.15, 0.2) is 5.78 Å². The number of aryl methyl sites for hydroxylation is 1. The molecule has 0 fully saturated rings. The summed E-state index contributed by atoms with van der Waals surface area (Å²) >= 11 is 0. The maximum absolute atomic E-state index is 13.0. The molecule has 0 radical (unpaired) electrons. The summed E-state index contributed by atoms with van der Waals surface area (Å²) in [4.78, 5) is 11.0. The zero-order chi connectivity index (χ0) is 9.14. The molecule has 0 N–H and O–H groups in total. The van der Waals surface area contributed by atoms with Crippen molar-refractivity contribution in [2.45, 2.75) is 6.92 Å². The molecule has 1 aromatic carbocycles. The fourth-order valence-electron chi connectivity index (χ4n) is 0.930. The first-order valence-electron chi connectivity index (χ1n) is 3.58. The smallest absolute Gasteiger partial charge is 0.188 e. The predicted octanol–water partition coefficient (Wildman–Crippen LogP) is 2.50. The molecule has 1 aromatic rings. The largest absolute Gasteiger partial charge is 0.289 e. The Balaban J connectivity index is 3.18. The van der Waals surface area contributed by atoms with Crippen LogP contribution in [0.4, 0.5) is 4.39 Å². The summed E-state index contributed by atoms with van der Waals surface area (Å²) < 4.78 is 13.0. The van der Waals surface area contributed by atoms with Crippen molar-refractivity contribution < 1.29 is 9.18 Å². The fourth-order valence-corrected chi connectivity index (χ4v) is 0.930. The van der Waals surface area contributed by atoms with E-state index in [2.05, 4.69) is 6.58 Å². The van der Waals surface area contributed by atoms with E-state index in [1.165, 1.54) is 12.1 Å². The molecule has 1 rings (SSSR count). The van der Waals surface area contributed by atoms with Crippen LogP contribution in [-0.4, -0.2) is 5.78 Å². The number of carbonyl (C=O) groups excluding carboxylic acids is 1. The molecule has 0 aromatic heterocycles. The Morgan fingerprint density at radius 3 is 2.75 bits per heavy atom. The summed E-state index contributed by atoms with van der Waals surface area (Å²) in [5.74, 6) is -0.868. The van der Waals surface area contributed by atoms with Crippen LogP contribution in [0.3, 0.4) is 0 Å². The van der Waals surface area contributed by atoms with Gasteiger partial charge in [0.05, 0.1) is 5.56 Å². The molecule has 2 heteroatoms. The standard InChI is InChI=1S/C10H9FO/c1-3-10(12)8-5-4-7(2)6-9(8)11/h3-6H,1H2,2H3. The van der Waals surface area contributed by atoms with Crippen molar-refractivity contribution in [3.05, 3.63) is 47.8 Å². The van der Waals surface area contributed by atoms with Gasteiger partial charge in [-0.25, -0.2) is 4.39 Å². The van der Waals surface area contributed by atoms with E-state index >= 15 is 0 Å². The van der Waals surface area contributed by atoms with Gasteiger partial charge < -0.3 is 0 Å². The summed E-state index contributed by atoms with van der Waals surface area (Å²) in [6, 6.07) is 4.49. The maximum atomic E-state index is 13.0. The molecule has 62 valence electrons. The summed E-state index contributed by atoms with van der Waals surface area (Å²) in [5.41, 5.74) is 0.878. The minimum absolute atomic E-state index is 0.0793. The van der Waals surface area contributed by atoms with Gasteiger partial charge in [-0.1, -0.05) is 12.6 Å². The van der Waals surface area contributed by atoms with Crippen LogP contribution in [0.15, 0.2) is 30.9 Å². The van der Waals surface area contributed by atoms with E-state index < -0.39 is 5.82 Å². The zero-order valence-electron chi connectivity index (χ0n) is 6.80. The second-order valence-corrected chi connectivity index (χ2v) is 2.55. The molecular formula is C10H9FO. The van der Waals surface area contributed by atoms with Crippen molar-refractivity contribution in [1.82, 2.24) is 0 Å². The molecule has 0 bridgehead atoms. The first-order chi connectivity index (χ1) is 5.65. The van der Waals surface area contributed by atoms with Gasteiger partial charge in [0, 0.05) is 0 Å². The normalized spacial score (nSPS) is 9.50. The number of halogens is 1. The lowest BCUT2D eigenvalue weighted by molar-refractivity contribution is 0.104. The maximum Gasteiger partial charge on any atom is 0.188 e. The molecule has 0 aliphatic rings. The van der Waals surface area contributed by atoms with Crippen molar-refractivity contribution in [3.8, 4) is 0 Å². The van der Waals surface area contributed by atoms with Crippen molar-refractivity contribution in [3.63, 3.8) is 0 Å². The summed E-state index contributed by atoms with van der Waals surface area (Å²) in [6.45, 7) is 5.05. The van der Waals surface area contributed by atoms with Gasteiger partial charge >= 0.3 is 0 Å². The van der Waals surface area contributed by atoms with Gasteiger partial charge in [0.25, 0.3) is 0 Å². The van der Waals surface area contributed by atoms with Gasteiger partial charge in [-0.3, -0.25) is 4.79 Å². The Kier molecular flexibility index (Phi) is 2.38. The summed E-state index contributed by atoms with van der Waals surface area (Å²) in [7, 11) is 0. The monoisotopic (exact) mass is 164 g/mol. The molecule has 0 aliphatic carbocycles. The highest BCUT2D eigenvalue weighted by atomic mass is 19.1. The lowest BCUT2D eigenvalue weighted by Crippen LogP contribution is -1.97. The van der Waals surface area contributed by atoms with Crippen molar-refractivity contribution >= 4 is 5.78 Å². The Hall–Kier alpha value is -1.44. The van der Waals surface area contributed by atoms with Gasteiger partial charge in [-0.2, -0.15) is 0 Å². The second kappa shape index (κ2) is 3.30. The van der Waals surface area contributed by atoms with E-state index in [0.29, 0.717) is 0 Å². The molecular weight excluding hydrogens is 155 g/mol. The SMILES string of the molecule is C=CC(=O)c1ccc(C)cc1F. The van der Waals surface area contributed by atoms with Crippen LogP contribution in [0.2, 0.25) is 0 Å². The van der Waals surface area contributed by atoms with Crippen LogP contribution in [0.1, 0.15) is 15.9 Å². The number of benzene rings is 1. The van der Waals surface area contributed by atoms with Crippen LogP contribution in [0.25, 0.3) is 0 Å². The highest BCUT2D eigenvalue weighted by Gasteiger charge is 2.06. The third-order valence-corrected chi connectivity index (χ3v) is 1.58. The van der Waals surface area contributed by atoms with Gasteiger partial charge in [-0.05, 0) is 30.7 Å². The van der Waals surface area contributed by atoms with Crippen molar-refractivity contribution in [2.24, 2.45) is 0 Å². The zero-order valence-corrected chi connectivity index (χ0v) is 6.80. The molecule has 0 atom stereocenters. The van der Waals surface area contributed by atoms with Crippen molar-refractivity contribution in [2.75, 3.05) is 0 Å². The molecule has 0 unspecified atom stereocenters. The van der Waals surface area contributed by atoms with E-state index in [1.54, 1.807) is 13.0 Å². The number of ketones is 1. The lowest BCUT2D eigenvalue weighted by Gasteiger charge is -1.98. The van der Waals surface area contributed by atoms with Crippen LogP contribution in [0.5, 0.6) is 0 Å². The van der Waals surface area contributed by atoms with Crippen molar-refractivity contribution in [1.29, 1.82) is 0 Å². The molecule has 0 saturated heterocycles. The molecule has 0 amide bonds. The van der Waals surface area contributed by atoms with Gasteiger partial charge in [0.2, 0.25) is 0 Å². The number of rotatable bonds is 2. The molecule has 12 heavy (non-hydrogen) atoms. The van der Waals surface area contributed by atoms with Crippen LogP contribution in [-0.2, 0) is 0 Å². The lowest BCUT2D eigenvalue weighted by atomic mass is 10.1. The van der Waals surface area contributed by atoms with E-state index in [0.717, 1.165) is 11.6 Å². The van der Waals surface area contributed by atoms with Crippen LogP contribution >= 0.6 is 0 Å². The van der Waals surface area contributed by atoms with E-state index in [4.69, 9.17) is 0 Å². The third-order valence-electron chi connectivity index (χ3n) is 1.58.